The van der Waals surface area contributed by atoms with Gasteiger partial charge in [0.25, 0.3) is 0 Å². The monoisotopic (exact) mass is 346 g/mol. The third-order valence-electron chi connectivity index (χ3n) is 4.29. The molecule has 1 aromatic carbocycles. The van der Waals surface area contributed by atoms with Gasteiger partial charge < -0.3 is 9.52 Å². The van der Waals surface area contributed by atoms with Crippen LogP contribution in [0.1, 0.15) is 62.1 Å². The molecule has 1 aromatic heterocycles. The van der Waals surface area contributed by atoms with Crippen molar-refractivity contribution in [2.75, 3.05) is 0 Å². The molecule has 0 bridgehead atoms. The van der Waals surface area contributed by atoms with Gasteiger partial charge >= 0.3 is 5.91 Å². The first kappa shape index (κ1) is 19.0. The molecule has 0 unspecified atom stereocenters. The van der Waals surface area contributed by atoms with Crippen molar-refractivity contribution in [1.29, 1.82) is 0 Å². The third-order valence-corrected chi connectivity index (χ3v) is 4.29. The van der Waals surface area contributed by atoms with Crippen LogP contribution in [0.4, 0.5) is 0 Å². The van der Waals surface area contributed by atoms with Crippen molar-refractivity contribution in [2.24, 2.45) is 0 Å². The lowest BCUT2D eigenvalue weighted by molar-refractivity contribution is -0.127. The van der Waals surface area contributed by atoms with E-state index in [9.17, 15) is 14.7 Å². The lowest BCUT2D eigenvalue weighted by atomic mass is 9.89. The molecule has 2 aromatic rings. The van der Waals surface area contributed by atoms with E-state index in [2.05, 4.69) is 10.9 Å². The zero-order chi connectivity index (χ0) is 18.4. The quantitative estimate of drug-likeness (QED) is 0.671. The average Bonchev–Trinajstić information content (AvgIpc) is 2.90. The number of benzene rings is 1. The Morgan fingerprint density at radius 3 is 2.36 bits per heavy atom. The number of para-hydroxylation sites is 1. The molecule has 2 amide bonds. The summed E-state index contributed by atoms with van der Waals surface area (Å²) in [5.74, 6) is -0.776. The van der Waals surface area contributed by atoms with Gasteiger partial charge in [-0.05, 0) is 25.8 Å². The molecule has 0 aliphatic carbocycles. The number of hydrazine groups is 1. The second-order valence-electron chi connectivity index (χ2n) is 6.46. The van der Waals surface area contributed by atoms with Crippen molar-refractivity contribution in [3.05, 3.63) is 35.6 Å². The largest absolute Gasteiger partial charge is 0.451 e. The Morgan fingerprint density at radius 1 is 1.12 bits per heavy atom. The van der Waals surface area contributed by atoms with Gasteiger partial charge in [0.2, 0.25) is 5.91 Å². The Kier molecular flexibility index (Phi) is 6.20. The fourth-order valence-electron chi connectivity index (χ4n) is 3.15. The van der Waals surface area contributed by atoms with E-state index in [1.165, 1.54) is 0 Å². The Hall–Kier alpha value is -2.34. The molecule has 136 valence electrons. The molecule has 0 fully saturated rings. The van der Waals surface area contributed by atoms with Crippen LogP contribution in [0.5, 0.6) is 0 Å². The van der Waals surface area contributed by atoms with Crippen LogP contribution < -0.4 is 10.9 Å². The molecule has 0 radical (unpaired) electrons. The normalized spacial score (nSPS) is 11.5. The van der Waals surface area contributed by atoms with Gasteiger partial charge in [-0.3, -0.25) is 20.4 Å². The highest BCUT2D eigenvalue weighted by molar-refractivity contribution is 5.99. The third kappa shape index (κ3) is 4.60. The molecule has 0 aliphatic rings. The summed E-state index contributed by atoms with van der Waals surface area (Å²) >= 11 is 0. The first-order chi connectivity index (χ1) is 11.9. The summed E-state index contributed by atoms with van der Waals surface area (Å²) in [6.45, 7) is 5.72. The van der Waals surface area contributed by atoms with E-state index in [1.54, 1.807) is 13.0 Å². The van der Waals surface area contributed by atoms with Crippen molar-refractivity contribution in [3.63, 3.8) is 0 Å². The Morgan fingerprint density at radius 2 is 1.76 bits per heavy atom. The average molecular weight is 346 g/mol. The highest BCUT2D eigenvalue weighted by Crippen LogP contribution is 2.25. The standard InChI is InChI=1S/C19H26N2O4/c1-4-10-19(24,11-5-2)12-16(22)20-21-18(23)17-13(3)14-8-6-7-9-15(14)25-17/h6-9,24H,4-5,10-12H2,1-3H3,(H,20,22)(H,21,23). The van der Waals surface area contributed by atoms with Crippen LogP contribution in [0.15, 0.2) is 28.7 Å². The molecule has 0 saturated heterocycles. The SMILES string of the molecule is CCCC(O)(CCC)CC(=O)NNC(=O)c1oc2ccccc2c1C. The first-order valence-corrected chi connectivity index (χ1v) is 8.70. The molecule has 6 nitrogen and oxygen atoms in total. The highest BCUT2D eigenvalue weighted by Gasteiger charge is 2.28. The fraction of sp³-hybridized carbons (Fsp3) is 0.474. The number of fused-ring (bicyclic) bond motifs is 1. The maximum absolute atomic E-state index is 12.3. The smallest absolute Gasteiger partial charge is 0.305 e. The van der Waals surface area contributed by atoms with Gasteiger partial charge in [-0.2, -0.15) is 0 Å². The second-order valence-corrected chi connectivity index (χ2v) is 6.46. The van der Waals surface area contributed by atoms with Crippen LogP contribution in [0.2, 0.25) is 0 Å². The number of rotatable bonds is 7. The number of hydrogen-bond donors (Lipinski definition) is 3. The van der Waals surface area contributed by atoms with Crippen LogP contribution >= 0.6 is 0 Å². The fourth-order valence-corrected chi connectivity index (χ4v) is 3.15. The van der Waals surface area contributed by atoms with E-state index in [-0.39, 0.29) is 12.2 Å². The van der Waals surface area contributed by atoms with Crippen molar-refractivity contribution >= 4 is 22.8 Å². The molecule has 25 heavy (non-hydrogen) atoms. The van der Waals surface area contributed by atoms with E-state index in [4.69, 9.17) is 4.42 Å². The summed E-state index contributed by atoms with van der Waals surface area (Å²) in [4.78, 5) is 24.4. The lowest BCUT2D eigenvalue weighted by Gasteiger charge is -2.26. The van der Waals surface area contributed by atoms with E-state index in [1.807, 2.05) is 32.0 Å². The number of amides is 2. The van der Waals surface area contributed by atoms with E-state index in [0.717, 1.165) is 23.8 Å². The van der Waals surface area contributed by atoms with Crippen molar-refractivity contribution in [3.8, 4) is 0 Å². The lowest BCUT2D eigenvalue weighted by Crippen LogP contribution is -2.45. The summed E-state index contributed by atoms with van der Waals surface area (Å²) in [6, 6.07) is 7.36. The molecule has 0 spiro atoms. The highest BCUT2D eigenvalue weighted by atomic mass is 16.3. The minimum absolute atomic E-state index is 0.0475. The van der Waals surface area contributed by atoms with Crippen LogP contribution in [0.3, 0.4) is 0 Å². The first-order valence-electron chi connectivity index (χ1n) is 8.70. The maximum Gasteiger partial charge on any atom is 0.305 e. The minimum Gasteiger partial charge on any atom is -0.451 e. The molecule has 0 atom stereocenters. The summed E-state index contributed by atoms with van der Waals surface area (Å²) in [5, 5.41) is 11.4. The maximum atomic E-state index is 12.3. The van der Waals surface area contributed by atoms with Crippen molar-refractivity contribution < 1.29 is 19.1 Å². The number of carbonyl (C=O) groups is 2. The predicted molar refractivity (Wildman–Crippen MR) is 95.9 cm³/mol. The van der Waals surface area contributed by atoms with Gasteiger partial charge in [0.05, 0.1) is 12.0 Å². The Bertz CT molecular complexity index is 745. The zero-order valence-corrected chi connectivity index (χ0v) is 15.0. The van der Waals surface area contributed by atoms with Crippen molar-refractivity contribution in [1.82, 2.24) is 10.9 Å². The van der Waals surface area contributed by atoms with Crippen molar-refractivity contribution in [2.45, 2.75) is 58.5 Å². The van der Waals surface area contributed by atoms with Crippen LogP contribution in [0.25, 0.3) is 11.0 Å². The zero-order valence-electron chi connectivity index (χ0n) is 15.0. The van der Waals surface area contributed by atoms with Gasteiger partial charge in [0.1, 0.15) is 5.58 Å². The van der Waals surface area contributed by atoms with E-state index < -0.39 is 17.4 Å². The molecule has 1 heterocycles. The molecular formula is C19H26N2O4. The second kappa shape index (κ2) is 8.16. The molecule has 0 aliphatic heterocycles. The van der Waals surface area contributed by atoms with Gasteiger partial charge in [0, 0.05) is 10.9 Å². The number of carbonyl (C=O) groups excluding carboxylic acids is 2. The Labute approximate surface area is 147 Å². The van der Waals surface area contributed by atoms with E-state index >= 15 is 0 Å². The number of hydrogen-bond acceptors (Lipinski definition) is 4. The van der Waals surface area contributed by atoms with E-state index in [0.29, 0.717) is 18.4 Å². The summed E-state index contributed by atoms with van der Waals surface area (Å²) in [5.41, 5.74) is 5.04. The van der Waals surface area contributed by atoms with Crippen LogP contribution in [-0.2, 0) is 4.79 Å². The van der Waals surface area contributed by atoms with Gasteiger partial charge in [-0.25, -0.2) is 0 Å². The number of furan rings is 1. The van der Waals surface area contributed by atoms with Gasteiger partial charge in [-0.15, -0.1) is 0 Å². The molecule has 2 rings (SSSR count). The molecular weight excluding hydrogens is 320 g/mol. The predicted octanol–water partition coefficient (Wildman–Crippen LogP) is 3.22. The summed E-state index contributed by atoms with van der Waals surface area (Å²) < 4.78 is 5.56. The molecule has 3 N–H and O–H groups in total. The summed E-state index contributed by atoms with van der Waals surface area (Å²) in [6.07, 6.45) is 2.62. The summed E-state index contributed by atoms with van der Waals surface area (Å²) in [7, 11) is 0. The van der Waals surface area contributed by atoms with Gasteiger partial charge in [0.15, 0.2) is 5.76 Å². The minimum atomic E-state index is -1.03. The molecule has 0 saturated carbocycles. The van der Waals surface area contributed by atoms with Crippen LogP contribution in [0, 0.1) is 6.92 Å². The molecule has 6 heteroatoms. The number of aliphatic hydroxyl groups is 1. The van der Waals surface area contributed by atoms with Gasteiger partial charge in [-0.1, -0.05) is 44.9 Å². The number of nitrogens with one attached hydrogen (secondary N) is 2. The number of aryl methyl sites for hydroxylation is 1. The Balaban J connectivity index is 1.98. The van der Waals surface area contributed by atoms with Crippen LogP contribution in [-0.4, -0.2) is 22.5 Å². The topological polar surface area (TPSA) is 91.6 Å².